The lowest BCUT2D eigenvalue weighted by molar-refractivity contribution is -0.122. The Labute approximate surface area is 189 Å². The predicted molar refractivity (Wildman–Crippen MR) is 131 cm³/mol. The number of ketones is 1. The molecule has 0 aromatic heterocycles. The van der Waals surface area contributed by atoms with Crippen molar-refractivity contribution in [3.05, 3.63) is 29.8 Å². The summed E-state index contributed by atoms with van der Waals surface area (Å²) in [5, 5.41) is 0.195. The standard InChI is InChI=1S/C17H26O2.C8H17NOS/c1-6-13(2)16(18)12-9-14-7-10-15(11-8-14)19-17(3,4)5;1-4-6-7-9(3)8(10)11-5-2/h7-8,10-11,13H,6,9,12H2,1-5H3;4-7H2,1-3H3. The number of ether oxygens (including phenoxy) is 1. The minimum atomic E-state index is -0.173. The van der Waals surface area contributed by atoms with Gasteiger partial charge in [-0.25, -0.2) is 0 Å². The Morgan fingerprint density at radius 3 is 2.17 bits per heavy atom. The van der Waals surface area contributed by atoms with E-state index in [-0.39, 0.29) is 16.8 Å². The molecule has 0 aliphatic carbocycles. The van der Waals surface area contributed by atoms with Crippen molar-refractivity contribution >= 4 is 22.8 Å². The molecule has 172 valence electrons. The molecule has 4 nitrogen and oxygen atoms in total. The van der Waals surface area contributed by atoms with Crippen LogP contribution in [0.1, 0.15) is 79.7 Å². The lowest BCUT2D eigenvalue weighted by Crippen LogP contribution is -2.23. The van der Waals surface area contributed by atoms with E-state index in [1.54, 1.807) is 4.90 Å². The summed E-state index contributed by atoms with van der Waals surface area (Å²) in [6.07, 6.45) is 4.63. The second kappa shape index (κ2) is 15.3. The molecule has 1 aromatic carbocycles. The second-order valence-corrected chi connectivity index (χ2v) is 9.82. The summed E-state index contributed by atoms with van der Waals surface area (Å²) in [6.45, 7) is 15.2. The van der Waals surface area contributed by atoms with E-state index in [9.17, 15) is 9.59 Å². The molecule has 30 heavy (non-hydrogen) atoms. The Morgan fingerprint density at radius 1 is 1.10 bits per heavy atom. The molecular formula is C25H43NO3S. The highest BCUT2D eigenvalue weighted by atomic mass is 32.2. The number of Topliss-reactive ketones (excluding diaryl/α,β-unsaturated/α-hetero) is 1. The summed E-state index contributed by atoms with van der Waals surface area (Å²) in [4.78, 5) is 24.7. The van der Waals surface area contributed by atoms with Gasteiger partial charge in [0.15, 0.2) is 0 Å². The number of unbranched alkanes of at least 4 members (excludes halogenated alkanes) is 1. The quantitative estimate of drug-likeness (QED) is 0.395. The van der Waals surface area contributed by atoms with E-state index >= 15 is 0 Å². The third-order valence-corrected chi connectivity index (χ3v) is 5.44. The highest BCUT2D eigenvalue weighted by Gasteiger charge is 2.12. The normalized spacial score (nSPS) is 11.9. The number of carbonyl (C=O) groups excluding carboxylic acids is 2. The first kappa shape index (κ1) is 28.5. The van der Waals surface area contributed by atoms with Gasteiger partial charge in [-0.05, 0) is 63.5 Å². The van der Waals surface area contributed by atoms with Crippen LogP contribution in [-0.4, -0.2) is 40.9 Å². The summed E-state index contributed by atoms with van der Waals surface area (Å²) in [7, 11) is 1.86. The van der Waals surface area contributed by atoms with Crippen LogP contribution in [0, 0.1) is 5.92 Å². The molecule has 1 unspecified atom stereocenters. The molecule has 0 spiro atoms. The molecule has 1 amide bonds. The smallest absolute Gasteiger partial charge is 0.281 e. The molecule has 0 saturated heterocycles. The molecule has 5 heteroatoms. The Hall–Kier alpha value is -1.49. The first-order valence-electron chi connectivity index (χ1n) is 11.2. The Morgan fingerprint density at radius 2 is 1.70 bits per heavy atom. The average Bonchev–Trinajstić information content (AvgIpc) is 2.70. The number of amides is 1. The molecule has 0 heterocycles. The van der Waals surface area contributed by atoms with Crippen molar-refractivity contribution < 1.29 is 14.3 Å². The molecule has 0 bridgehead atoms. The first-order valence-corrected chi connectivity index (χ1v) is 12.2. The molecule has 1 rings (SSSR count). The number of thioether (sulfide) groups is 1. The van der Waals surface area contributed by atoms with Crippen LogP contribution in [0.15, 0.2) is 24.3 Å². The van der Waals surface area contributed by atoms with Crippen LogP contribution in [0.5, 0.6) is 5.75 Å². The van der Waals surface area contributed by atoms with Gasteiger partial charge in [0.2, 0.25) is 0 Å². The fraction of sp³-hybridized carbons (Fsp3) is 0.680. The van der Waals surface area contributed by atoms with Gasteiger partial charge in [-0.15, -0.1) is 0 Å². The molecule has 0 aliphatic heterocycles. The maximum Gasteiger partial charge on any atom is 0.281 e. The number of rotatable bonds is 10. The zero-order chi connectivity index (χ0) is 23.2. The van der Waals surface area contributed by atoms with Crippen molar-refractivity contribution in [2.45, 2.75) is 86.2 Å². The van der Waals surface area contributed by atoms with Crippen molar-refractivity contribution in [3.8, 4) is 5.75 Å². The maximum absolute atomic E-state index is 11.8. The highest BCUT2D eigenvalue weighted by Crippen LogP contribution is 2.19. The average molecular weight is 438 g/mol. The van der Waals surface area contributed by atoms with Gasteiger partial charge in [0.25, 0.3) is 5.24 Å². The SMILES string of the molecule is CCC(C)C(=O)CCc1ccc(OC(C)(C)C)cc1.CCCCN(C)C(=O)SCC. The van der Waals surface area contributed by atoms with Gasteiger partial charge in [-0.2, -0.15) is 0 Å². The van der Waals surface area contributed by atoms with Gasteiger partial charge in [-0.3, -0.25) is 9.59 Å². The minimum absolute atomic E-state index is 0.173. The number of aryl methyl sites for hydroxylation is 1. The molecule has 0 radical (unpaired) electrons. The van der Waals surface area contributed by atoms with Crippen LogP contribution >= 0.6 is 11.8 Å². The number of hydrogen-bond acceptors (Lipinski definition) is 4. The summed E-state index contributed by atoms with van der Waals surface area (Å²) in [6, 6.07) is 8.05. The van der Waals surface area contributed by atoms with Crippen LogP contribution in [0.25, 0.3) is 0 Å². The van der Waals surface area contributed by atoms with Gasteiger partial charge in [0.1, 0.15) is 17.1 Å². The summed E-state index contributed by atoms with van der Waals surface area (Å²) < 4.78 is 5.77. The predicted octanol–water partition coefficient (Wildman–Crippen LogP) is 7.00. The second-order valence-electron chi connectivity index (χ2n) is 8.61. The zero-order valence-electron chi connectivity index (χ0n) is 20.4. The van der Waals surface area contributed by atoms with Gasteiger partial charge in [-0.1, -0.05) is 58.0 Å². The third-order valence-electron chi connectivity index (χ3n) is 4.60. The van der Waals surface area contributed by atoms with Crippen LogP contribution in [0.3, 0.4) is 0 Å². The first-order chi connectivity index (χ1) is 14.0. The topological polar surface area (TPSA) is 46.6 Å². The van der Waals surface area contributed by atoms with Crippen molar-refractivity contribution in [2.24, 2.45) is 5.92 Å². The van der Waals surface area contributed by atoms with E-state index < -0.39 is 0 Å². The lowest BCUT2D eigenvalue weighted by atomic mass is 9.97. The van der Waals surface area contributed by atoms with Crippen molar-refractivity contribution in [1.82, 2.24) is 4.90 Å². The Balaban J connectivity index is 0.000000654. The Kier molecular flexibility index (Phi) is 14.6. The maximum atomic E-state index is 11.8. The van der Waals surface area contributed by atoms with E-state index in [2.05, 4.69) is 13.8 Å². The number of nitrogens with zero attached hydrogens (tertiary/aromatic N) is 1. The van der Waals surface area contributed by atoms with E-state index in [4.69, 9.17) is 4.74 Å². The van der Waals surface area contributed by atoms with E-state index in [1.165, 1.54) is 17.3 Å². The van der Waals surface area contributed by atoms with Crippen LogP contribution < -0.4 is 4.74 Å². The third kappa shape index (κ3) is 13.7. The molecular weight excluding hydrogens is 394 g/mol. The highest BCUT2D eigenvalue weighted by molar-refractivity contribution is 8.13. The molecule has 0 N–H and O–H groups in total. The summed E-state index contributed by atoms with van der Waals surface area (Å²) >= 11 is 1.38. The van der Waals surface area contributed by atoms with Crippen molar-refractivity contribution in [3.63, 3.8) is 0 Å². The molecule has 1 atom stereocenters. The Bertz CT molecular complexity index is 608. The number of carbonyl (C=O) groups is 2. The fourth-order valence-electron chi connectivity index (χ4n) is 2.54. The van der Waals surface area contributed by atoms with Gasteiger partial charge < -0.3 is 9.64 Å². The fourth-order valence-corrected chi connectivity index (χ4v) is 3.10. The summed E-state index contributed by atoms with van der Waals surface area (Å²) in [5.74, 6) is 2.29. The van der Waals surface area contributed by atoms with Crippen molar-refractivity contribution in [1.29, 1.82) is 0 Å². The largest absolute Gasteiger partial charge is 0.488 e. The van der Waals surface area contributed by atoms with Crippen molar-refractivity contribution in [2.75, 3.05) is 19.3 Å². The van der Waals surface area contributed by atoms with Crippen LogP contribution in [0.2, 0.25) is 0 Å². The van der Waals surface area contributed by atoms with E-state index in [0.717, 1.165) is 43.7 Å². The molecule has 0 saturated carbocycles. The molecule has 0 fully saturated rings. The molecule has 0 aliphatic rings. The summed E-state index contributed by atoms with van der Waals surface area (Å²) in [5.41, 5.74) is 1.02. The lowest BCUT2D eigenvalue weighted by Gasteiger charge is -2.21. The van der Waals surface area contributed by atoms with Crippen LogP contribution in [0.4, 0.5) is 4.79 Å². The monoisotopic (exact) mass is 437 g/mol. The van der Waals surface area contributed by atoms with E-state index in [1.807, 2.05) is 65.9 Å². The van der Waals surface area contributed by atoms with E-state index in [0.29, 0.717) is 12.2 Å². The minimum Gasteiger partial charge on any atom is -0.488 e. The van der Waals surface area contributed by atoms with Gasteiger partial charge in [0, 0.05) is 25.9 Å². The van der Waals surface area contributed by atoms with Gasteiger partial charge in [0.05, 0.1) is 0 Å². The van der Waals surface area contributed by atoms with Gasteiger partial charge >= 0.3 is 0 Å². The molecule has 1 aromatic rings. The zero-order valence-corrected chi connectivity index (χ0v) is 21.2. The number of hydrogen-bond donors (Lipinski definition) is 0. The van der Waals surface area contributed by atoms with Crippen LogP contribution in [-0.2, 0) is 11.2 Å². The number of benzene rings is 1.